The molecule has 0 atom stereocenters. The fourth-order valence-electron chi connectivity index (χ4n) is 2.11. The molecule has 3 rings (SSSR count). The molecule has 0 aliphatic rings. The van der Waals surface area contributed by atoms with Crippen molar-refractivity contribution in [1.82, 2.24) is 4.98 Å². The number of nitro groups is 1. The number of nitrogens with zero attached hydrogens (tertiary/aromatic N) is 2. The van der Waals surface area contributed by atoms with E-state index in [2.05, 4.69) is 10.3 Å². The number of carbonyl (C=O) groups excluding carboxylic acids is 1. The summed E-state index contributed by atoms with van der Waals surface area (Å²) in [6.07, 6.45) is 4.98. The first kappa shape index (κ1) is 17.1. The fourth-order valence-corrected chi connectivity index (χ4v) is 3.53. The number of non-ortho nitro benzene ring substituents is 1. The number of aromatic nitrogens is 1. The van der Waals surface area contributed by atoms with Crippen LogP contribution in [0, 0.1) is 10.1 Å². The highest BCUT2D eigenvalue weighted by atomic mass is 32.2. The molecule has 0 radical (unpaired) electrons. The van der Waals surface area contributed by atoms with Gasteiger partial charge in [0.15, 0.2) is 5.13 Å². The van der Waals surface area contributed by atoms with E-state index in [0.717, 1.165) is 15.1 Å². The van der Waals surface area contributed by atoms with Crippen molar-refractivity contribution in [2.24, 2.45) is 0 Å². The summed E-state index contributed by atoms with van der Waals surface area (Å²) >= 11 is 3.07. The van der Waals surface area contributed by atoms with Crippen molar-refractivity contribution >= 4 is 56.1 Å². The Morgan fingerprint density at radius 2 is 2.04 bits per heavy atom. The predicted molar refractivity (Wildman–Crippen MR) is 102 cm³/mol. The Morgan fingerprint density at radius 3 is 2.72 bits per heavy atom. The van der Waals surface area contributed by atoms with Gasteiger partial charge < -0.3 is 0 Å². The second-order valence-electron chi connectivity index (χ2n) is 5.02. The van der Waals surface area contributed by atoms with Crippen molar-refractivity contribution in [3.05, 3.63) is 64.2 Å². The van der Waals surface area contributed by atoms with Crippen LogP contribution in [0.3, 0.4) is 0 Å². The number of anilines is 1. The predicted octanol–water partition coefficient (Wildman–Crippen LogP) is 4.58. The average Bonchev–Trinajstić information content (AvgIpc) is 3.01. The second-order valence-corrected chi connectivity index (χ2v) is 6.93. The molecule has 6 nitrogen and oxygen atoms in total. The number of amides is 1. The first-order valence-electron chi connectivity index (χ1n) is 7.23. The lowest BCUT2D eigenvalue weighted by atomic mass is 10.2. The number of fused-ring (bicyclic) bond motifs is 1. The lowest BCUT2D eigenvalue weighted by molar-refractivity contribution is -0.384. The Morgan fingerprint density at radius 1 is 1.28 bits per heavy atom. The first-order valence-corrected chi connectivity index (χ1v) is 9.27. The maximum Gasteiger partial charge on any atom is 0.269 e. The minimum Gasteiger partial charge on any atom is -0.298 e. The number of thioether (sulfide) groups is 1. The number of nitrogens with one attached hydrogen (secondary N) is 1. The second kappa shape index (κ2) is 7.45. The minimum atomic E-state index is -0.463. The van der Waals surface area contributed by atoms with Crippen molar-refractivity contribution in [3.8, 4) is 0 Å². The molecule has 1 heterocycles. The third-order valence-corrected chi connectivity index (χ3v) is 5.02. The molecule has 0 unspecified atom stereocenters. The molecule has 2 aromatic carbocycles. The van der Waals surface area contributed by atoms with Gasteiger partial charge in [0, 0.05) is 23.1 Å². The van der Waals surface area contributed by atoms with Gasteiger partial charge in [0.25, 0.3) is 5.69 Å². The maximum atomic E-state index is 12.0. The summed E-state index contributed by atoms with van der Waals surface area (Å²) in [5, 5.41) is 13.9. The molecule has 0 spiro atoms. The largest absolute Gasteiger partial charge is 0.298 e. The minimum absolute atomic E-state index is 0.0145. The zero-order valence-electron chi connectivity index (χ0n) is 13.1. The molecule has 3 aromatic rings. The van der Waals surface area contributed by atoms with Gasteiger partial charge in [0.05, 0.1) is 15.1 Å². The maximum absolute atomic E-state index is 12.0. The van der Waals surface area contributed by atoms with Crippen molar-refractivity contribution in [3.63, 3.8) is 0 Å². The van der Waals surface area contributed by atoms with E-state index in [9.17, 15) is 14.9 Å². The van der Waals surface area contributed by atoms with E-state index in [-0.39, 0.29) is 11.6 Å². The van der Waals surface area contributed by atoms with Gasteiger partial charge >= 0.3 is 0 Å². The molecule has 25 heavy (non-hydrogen) atoms. The molecule has 0 fully saturated rings. The van der Waals surface area contributed by atoms with Gasteiger partial charge in [-0.2, -0.15) is 0 Å². The van der Waals surface area contributed by atoms with Gasteiger partial charge in [0.1, 0.15) is 0 Å². The van der Waals surface area contributed by atoms with E-state index in [4.69, 9.17) is 0 Å². The van der Waals surface area contributed by atoms with Gasteiger partial charge in [-0.3, -0.25) is 20.2 Å². The van der Waals surface area contributed by atoms with Crippen molar-refractivity contribution < 1.29 is 9.72 Å². The van der Waals surface area contributed by atoms with Crippen LogP contribution in [0.4, 0.5) is 10.8 Å². The monoisotopic (exact) mass is 371 g/mol. The molecular formula is C17H13N3O3S2. The summed E-state index contributed by atoms with van der Waals surface area (Å²) in [6.45, 7) is 0. The van der Waals surface area contributed by atoms with Crippen LogP contribution in [0.1, 0.15) is 5.56 Å². The zero-order valence-corrected chi connectivity index (χ0v) is 14.8. The van der Waals surface area contributed by atoms with E-state index in [1.165, 1.54) is 29.5 Å². The molecule has 0 aliphatic carbocycles. The number of benzene rings is 2. The number of thiazole rings is 1. The summed E-state index contributed by atoms with van der Waals surface area (Å²) in [4.78, 5) is 27.7. The third-order valence-electron chi connectivity index (χ3n) is 3.36. The molecular weight excluding hydrogens is 358 g/mol. The van der Waals surface area contributed by atoms with Crippen LogP contribution in [-0.4, -0.2) is 22.1 Å². The van der Waals surface area contributed by atoms with Crippen LogP contribution in [0.5, 0.6) is 0 Å². The molecule has 1 aromatic heterocycles. The molecule has 0 saturated heterocycles. The number of hydrogen-bond donors (Lipinski definition) is 1. The Kier molecular flexibility index (Phi) is 5.11. The lowest BCUT2D eigenvalue weighted by Crippen LogP contribution is -2.07. The molecule has 126 valence electrons. The Labute approximate surface area is 151 Å². The summed E-state index contributed by atoms with van der Waals surface area (Å²) < 4.78 is 1.02. The van der Waals surface area contributed by atoms with Gasteiger partial charge in [-0.1, -0.05) is 11.3 Å². The van der Waals surface area contributed by atoms with Gasteiger partial charge in [-0.25, -0.2) is 4.98 Å². The van der Waals surface area contributed by atoms with E-state index in [1.807, 2.05) is 24.5 Å². The number of hydrogen-bond acceptors (Lipinski definition) is 6. The van der Waals surface area contributed by atoms with Crippen LogP contribution >= 0.6 is 23.1 Å². The Hall–Kier alpha value is -2.71. The highest BCUT2D eigenvalue weighted by molar-refractivity contribution is 7.98. The van der Waals surface area contributed by atoms with Crippen LogP contribution < -0.4 is 5.32 Å². The van der Waals surface area contributed by atoms with E-state index in [0.29, 0.717) is 10.7 Å². The van der Waals surface area contributed by atoms with Gasteiger partial charge in [0.2, 0.25) is 5.91 Å². The SMILES string of the molecule is CSc1ccc2nc(NC(=O)/C=C\c3ccc([N+](=O)[O-])cc3)sc2c1. The summed E-state index contributed by atoms with van der Waals surface area (Å²) in [5.74, 6) is -0.303. The summed E-state index contributed by atoms with van der Waals surface area (Å²) in [7, 11) is 0. The van der Waals surface area contributed by atoms with E-state index in [1.54, 1.807) is 30.0 Å². The molecule has 0 aliphatic heterocycles. The molecule has 1 amide bonds. The quantitative estimate of drug-likeness (QED) is 0.307. The average molecular weight is 371 g/mol. The van der Waals surface area contributed by atoms with Crippen LogP contribution in [-0.2, 0) is 4.79 Å². The molecule has 8 heteroatoms. The molecule has 0 bridgehead atoms. The van der Waals surface area contributed by atoms with Crippen LogP contribution in [0.15, 0.2) is 53.4 Å². The van der Waals surface area contributed by atoms with Crippen LogP contribution in [0.2, 0.25) is 0 Å². The van der Waals surface area contributed by atoms with Crippen molar-refractivity contribution in [2.75, 3.05) is 11.6 Å². The van der Waals surface area contributed by atoms with Gasteiger partial charge in [-0.15, -0.1) is 11.8 Å². The smallest absolute Gasteiger partial charge is 0.269 e. The number of nitro benzene ring substituents is 1. The number of rotatable bonds is 5. The third kappa shape index (κ3) is 4.23. The number of carbonyl (C=O) groups is 1. The summed E-state index contributed by atoms with van der Waals surface area (Å²) in [6, 6.07) is 11.9. The normalized spacial score (nSPS) is 11.1. The Bertz CT molecular complexity index is 965. The van der Waals surface area contributed by atoms with Crippen molar-refractivity contribution in [1.29, 1.82) is 0 Å². The molecule has 1 N–H and O–H groups in total. The molecule has 0 saturated carbocycles. The van der Waals surface area contributed by atoms with E-state index >= 15 is 0 Å². The highest BCUT2D eigenvalue weighted by Crippen LogP contribution is 2.29. The Balaban J connectivity index is 1.68. The topological polar surface area (TPSA) is 85.1 Å². The summed E-state index contributed by atoms with van der Waals surface area (Å²) in [5.41, 5.74) is 1.56. The van der Waals surface area contributed by atoms with E-state index < -0.39 is 4.92 Å². The standard InChI is InChI=1S/C17H13N3O3S2/c1-24-13-7-8-14-15(10-13)25-17(18-14)19-16(21)9-4-11-2-5-12(6-3-11)20(22)23/h2-10H,1H3,(H,18,19,21)/b9-4-. The fraction of sp³-hybridized carbons (Fsp3) is 0.0588. The van der Waals surface area contributed by atoms with Crippen LogP contribution in [0.25, 0.3) is 16.3 Å². The van der Waals surface area contributed by atoms with Gasteiger partial charge in [-0.05, 0) is 48.2 Å². The lowest BCUT2D eigenvalue weighted by Gasteiger charge is -1.96. The van der Waals surface area contributed by atoms with Crippen molar-refractivity contribution in [2.45, 2.75) is 4.90 Å². The zero-order chi connectivity index (χ0) is 17.8. The highest BCUT2D eigenvalue weighted by Gasteiger charge is 2.07. The first-order chi connectivity index (χ1) is 12.0.